The summed E-state index contributed by atoms with van der Waals surface area (Å²) in [7, 11) is 0. The molecule has 2 heterocycles. The molecule has 110 valence electrons. The van der Waals surface area contributed by atoms with Crippen LogP contribution in [-0.2, 0) is 6.54 Å². The molecule has 2 aromatic rings. The predicted molar refractivity (Wildman–Crippen MR) is 80.8 cm³/mol. The number of imidazole rings is 1. The summed E-state index contributed by atoms with van der Waals surface area (Å²) in [4.78, 5) is 13.9. The van der Waals surface area contributed by atoms with Gasteiger partial charge in [-0.25, -0.2) is 15.0 Å². The second kappa shape index (κ2) is 4.80. The number of aromatic nitrogens is 4. The molecule has 0 spiro atoms. The Morgan fingerprint density at radius 1 is 1.24 bits per heavy atom. The molecule has 5 heteroatoms. The van der Waals surface area contributed by atoms with Crippen LogP contribution in [-0.4, -0.2) is 19.5 Å². The lowest BCUT2D eigenvalue weighted by Crippen LogP contribution is -2.11. The van der Waals surface area contributed by atoms with Crippen molar-refractivity contribution in [1.29, 1.82) is 5.26 Å². The summed E-state index contributed by atoms with van der Waals surface area (Å²) in [6.45, 7) is 9.14. The van der Waals surface area contributed by atoms with Crippen LogP contribution < -0.4 is 0 Å². The molecule has 0 N–H and O–H groups in total. The third-order valence-electron chi connectivity index (χ3n) is 4.14. The third-order valence-corrected chi connectivity index (χ3v) is 4.14. The molecule has 0 aliphatic heterocycles. The van der Waals surface area contributed by atoms with Gasteiger partial charge in [-0.3, -0.25) is 0 Å². The Labute approximate surface area is 125 Å². The van der Waals surface area contributed by atoms with E-state index in [-0.39, 0.29) is 11.3 Å². The molecule has 0 radical (unpaired) electrons. The zero-order valence-electron chi connectivity index (χ0n) is 13.1. The molecule has 2 aromatic heterocycles. The molecule has 0 unspecified atom stereocenters. The molecule has 0 amide bonds. The minimum absolute atomic E-state index is 0.200. The molecule has 0 atom stereocenters. The number of nitrogens with zero attached hydrogens (tertiary/aromatic N) is 5. The Bertz CT molecular complexity index is 716. The molecular formula is C16H21N5. The van der Waals surface area contributed by atoms with E-state index in [0.717, 1.165) is 35.5 Å². The van der Waals surface area contributed by atoms with Crippen LogP contribution in [0.1, 0.15) is 63.9 Å². The topological polar surface area (TPSA) is 67.4 Å². The van der Waals surface area contributed by atoms with Crippen LogP contribution in [0.25, 0.3) is 11.2 Å². The van der Waals surface area contributed by atoms with Crippen molar-refractivity contribution >= 4 is 11.2 Å². The largest absolute Gasteiger partial charge is 0.314 e. The minimum Gasteiger partial charge on any atom is -0.314 e. The van der Waals surface area contributed by atoms with Gasteiger partial charge in [0.2, 0.25) is 0 Å². The van der Waals surface area contributed by atoms with Crippen molar-refractivity contribution in [2.45, 2.75) is 58.9 Å². The lowest BCUT2D eigenvalue weighted by atomic mass is 10.1. The van der Waals surface area contributed by atoms with E-state index >= 15 is 0 Å². The standard InChI is InChI=1S/C16H21N5/c1-10(2)12-13-15(20-14(19-12)11(3)4)21(9-18-13)8-16(7-17)5-6-16/h9-11H,5-6,8H2,1-4H3. The van der Waals surface area contributed by atoms with Gasteiger partial charge in [0.15, 0.2) is 5.65 Å². The van der Waals surface area contributed by atoms with Gasteiger partial charge in [0.25, 0.3) is 0 Å². The first kappa shape index (κ1) is 14.0. The second-order valence-electron chi connectivity index (χ2n) is 6.71. The number of rotatable bonds is 4. The fourth-order valence-corrected chi connectivity index (χ4v) is 2.54. The fourth-order valence-electron chi connectivity index (χ4n) is 2.54. The molecule has 1 aliphatic carbocycles. The Balaban J connectivity index is 2.13. The second-order valence-corrected chi connectivity index (χ2v) is 6.71. The average Bonchev–Trinajstić information content (AvgIpc) is 3.12. The molecule has 0 bridgehead atoms. The van der Waals surface area contributed by atoms with E-state index in [1.54, 1.807) is 0 Å². The van der Waals surface area contributed by atoms with Crippen molar-refractivity contribution in [3.63, 3.8) is 0 Å². The summed E-state index contributed by atoms with van der Waals surface area (Å²) < 4.78 is 2.03. The maximum absolute atomic E-state index is 9.30. The van der Waals surface area contributed by atoms with Crippen LogP contribution in [0.4, 0.5) is 0 Å². The minimum atomic E-state index is -0.200. The van der Waals surface area contributed by atoms with Crippen molar-refractivity contribution in [3.8, 4) is 6.07 Å². The van der Waals surface area contributed by atoms with Gasteiger partial charge in [0.1, 0.15) is 11.3 Å². The van der Waals surface area contributed by atoms with Crippen LogP contribution in [0.5, 0.6) is 0 Å². The van der Waals surface area contributed by atoms with E-state index in [1.165, 1.54) is 0 Å². The number of hydrogen-bond acceptors (Lipinski definition) is 4. The third kappa shape index (κ3) is 2.39. The Morgan fingerprint density at radius 2 is 1.95 bits per heavy atom. The van der Waals surface area contributed by atoms with Gasteiger partial charge in [0, 0.05) is 12.5 Å². The maximum Gasteiger partial charge on any atom is 0.163 e. The Kier molecular flexibility index (Phi) is 3.20. The summed E-state index contributed by atoms with van der Waals surface area (Å²) in [5.41, 5.74) is 2.56. The van der Waals surface area contributed by atoms with Gasteiger partial charge in [-0.15, -0.1) is 0 Å². The highest BCUT2D eigenvalue weighted by molar-refractivity contribution is 5.74. The summed E-state index contributed by atoms with van der Waals surface area (Å²) in [5.74, 6) is 1.44. The Morgan fingerprint density at radius 3 is 2.48 bits per heavy atom. The molecule has 0 aromatic carbocycles. The monoisotopic (exact) mass is 283 g/mol. The molecule has 1 saturated carbocycles. The van der Waals surface area contributed by atoms with Crippen LogP contribution >= 0.6 is 0 Å². The summed E-state index contributed by atoms with van der Waals surface area (Å²) in [5, 5.41) is 9.30. The predicted octanol–water partition coefficient (Wildman–Crippen LogP) is 3.38. The summed E-state index contributed by atoms with van der Waals surface area (Å²) in [6, 6.07) is 2.44. The average molecular weight is 283 g/mol. The first-order valence-electron chi connectivity index (χ1n) is 7.60. The highest BCUT2D eigenvalue weighted by Gasteiger charge is 2.43. The van der Waals surface area contributed by atoms with Gasteiger partial charge in [-0.2, -0.15) is 5.26 Å². The van der Waals surface area contributed by atoms with Gasteiger partial charge in [-0.05, 0) is 18.8 Å². The Hall–Kier alpha value is -1.96. The molecule has 5 nitrogen and oxygen atoms in total. The zero-order chi connectivity index (χ0) is 15.2. The number of nitriles is 1. The quantitative estimate of drug-likeness (QED) is 0.862. The van der Waals surface area contributed by atoms with Crippen LogP contribution in [0.15, 0.2) is 6.33 Å². The first-order valence-corrected chi connectivity index (χ1v) is 7.60. The van der Waals surface area contributed by atoms with Gasteiger partial charge >= 0.3 is 0 Å². The highest BCUT2D eigenvalue weighted by Crippen LogP contribution is 2.46. The summed E-state index contributed by atoms with van der Waals surface area (Å²) in [6.07, 6.45) is 3.76. The van der Waals surface area contributed by atoms with Crippen LogP contribution in [0.2, 0.25) is 0 Å². The van der Waals surface area contributed by atoms with Crippen molar-refractivity contribution in [2.24, 2.45) is 5.41 Å². The molecule has 1 fully saturated rings. The van der Waals surface area contributed by atoms with Crippen molar-refractivity contribution in [2.75, 3.05) is 0 Å². The van der Waals surface area contributed by atoms with Crippen LogP contribution in [0.3, 0.4) is 0 Å². The maximum atomic E-state index is 9.30. The van der Waals surface area contributed by atoms with E-state index in [1.807, 2.05) is 10.9 Å². The van der Waals surface area contributed by atoms with Gasteiger partial charge in [-0.1, -0.05) is 27.7 Å². The van der Waals surface area contributed by atoms with E-state index < -0.39 is 0 Å². The van der Waals surface area contributed by atoms with Gasteiger partial charge in [0.05, 0.1) is 23.5 Å². The van der Waals surface area contributed by atoms with E-state index in [0.29, 0.717) is 12.5 Å². The normalized spacial score (nSPS) is 16.6. The number of fused-ring (bicyclic) bond motifs is 1. The fraction of sp³-hybridized carbons (Fsp3) is 0.625. The molecule has 3 rings (SSSR count). The van der Waals surface area contributed by atoms with E-state index in [9.17, 15) is 5.26 Å². The van der Waals surface area contributed by atoms with Crippen LogP contribution in [0, 0.1) is 16.7 Å². The molecule has 0 saturated heterocycles. The molecule has 21 heavy (non-hydrogen) atoms. The first-order chi connectivity index (χ1) is 9.96. The SMILES string of the molecule is CC(C)c1nc(C(C)C)c2ncn(CC3(C#N)CC3)c2n1. The zero-order valence-corrected chi connectivity index (χ0v) is 13.1. The van der Waals surface area contributed by atoms with E-state index in [4.69, 9.17) is 9.97 Å². The lowest BCUT2D eigenvalue weighted by molar-refractivity contribution is 0.535. The van der Waals surface area contributed by atoms with E-state index in [2.05, 4.69) is 38.7 Å². The molecular weight excluding hydrogens is 262 g/mol. The smallest absolute Gasteiger partial charge is 0.163 e. The van der Waals surface area contributed by atoms with Gasteiger partial charge < -0.3 is 4.57 Å². The summed E-state index contributed by atoms with van der Waals surface area (Å²) >= 11 is 0. The highest BCUT2D eigenvalue weighted by atomic mass is 15.1. The van der Waals surface area contributed by atoms with Crippen molar-refractivity contribution < 1.29 is 0 Å². The number of hydrogen-bond donors (Lipinski definition) is 0. The van der Waals surface area contributed by atoms with Crippen molar-refractivity contribution in [1.82, 2.24) is 19.5 Å². The van der Waals surface area contributed by atoms with Crippen molar-refractivity contribution in [3.05, 3.63) is 17.8 Å². The lowest BCUT2D eigenvalue weighted by Gasteiger charge is -2.12. The molecule has 1 aliphatic rings.